The van der Waals surface area contributed by atoms with E-state index in [2.05, 4.69) is 56.3 Å². The van der Waals surface area contributed by atoms with Gasteiger partial charge in [-0.25, -0.2) is 0 Å². The standard InChI is InChI=1S/C21H28O/c1-3-5-16-21(22,17-6-4-2)20-15-11-10-14-19(20)18-12-8-7-9-13-18/h7-15,22H,3-6,16-17H2,1-2H3. The monoisotopic (exact) mass is 296 g/mol. The minimum atomic E-state index is -0.710. The van der Waals surface area contributed by atoms with Crippen LogP contribution in [-0.4, -0.2) is 5.11 Å². The third kappa shape index (κ3) is 3.98. The van der Waals surface area contributed by atoms with Crippen LogP contribution in [0.2, 0.25) is 0 Å². The smallest absolute Gasteiger partial charge is 0.0902 e. The molecule has 0 radical (unpaired) electrons. The van der Waals surface area contributed by atoms with E-state index in [-0.39, 0.29) is 0 Å². The highest BCUT2D eigenvalue weighted by Crippen LogP contribution is 2.38. The lowest BCUT2D eigenvalue weighted by atomic mass is 9.80. The zero-order chi connectivity index (χ0) is 15.8. The number of hydrogen-bond acceptors (Lipinski definition) is 1. The summed E-state index contributed by atoms with van der Waals surface area (Å²) in [4.78, 5) is 0. The van der Waals surface area contributed by atoms with Gasteiger partial charge in [0.05, 0.1) is 5.60 Å². The predicted octanol–water partition coefficient (Wildman–Crippen LogP) is 5.92. The van der Waals surface area contributed by atoms with E-state index in [1.165, 1.54) is 5.56 Å². The van der Waals surface area contributed by atoms with Gasteiger partial charge in [0.1, 0.15) is 0 Å². The number of rotatable bonds is 8. The summed E-state index contributed by atoms with van der Waals surface area (Å²) < 4.78 is 0. The molecule has 2 aromatic carbocycles. The lowest BCUT2D eigenvalue weighted by Gasteiger charge is -2.31. The molecule has 0 unspecified atom stereocenters. The fourth-order valence-electron chi connectivity index (χ4n) is 3.09. The fraction of sp³-hybridized carbons (Fsp3) is 0.429. The Hall–Kier alpha value is -1.60. The molecule has 0 saturated carbocycles. The summed E-state index contributed by atoms with van der Waals surface area (Å²) in [6.45, 7) is 4.37. The first-order chi connectivity index (χ1) is 10.7. The predicted molar refractivity (Wildman–Crippen MR) is 94.8 cm³/mol. The normalized spacial score (nSPS) is 11.6. The summed E-state index contributed by atoms with van der Waals surface area (Å²) in [5, 5.41) is 11.4. The van der Waals surface area contributed by atoms with Crippen LogP contribution >= 0.6 is 0 Å². The number of aliphatic hydroxyl groups is 1. The molecule has 22 heavy (non-hydrogen) atoms. The summed E-state index contributed by atoms with van der Waals surface area (Å²) in [6, 6.07) is 18.7. The van der Waals surface area contributed by atoms with E-state index >= 15 is 0 Å². The molecule has 1 heteroatoms. The van der Waals surface area contributed by atoms with Crippen molar-refractivity contribution < 1.29 is 5.11 Å². The molecule has 0 spiro atoms. The van der Waals surface area contributed by atoms with Crippen molar-refractivity contribution in [3.63, 3.8) is 0 Å². The maximum absolute atomic E-state index is 11.4. The molecule has 0 aliphatic carbocycles. The molecule has 118 valence electrons. The third-order valence-corrected chi connectivity index (χ3v) is 4.40. The Kier molecular flexibility index (Phi) is 6.21. The van der Waals surface area contributed by atoms with Crippen LogP contribution in [0.15, 0.2) is 54.6 Å². The maximum atomic E-state index is 11.4. The number of benzene rings is 2. The molecular weight excluding hydrogens is 268 g/mol. The van der Waals surface area contributed by atoms with E-state index in [4.69, 9.17) is 0 Å². The van der Waals surface area contributed by atoms with Gasteiger partial charge in [0.15, 0.2) is 0 Å². The van der Waals surface area contributed by atoms with E-state index in [9.17, 15) is 5.11 Å². The van der Waals surface area contributed by atoms with Crippen molar-refractivity contribution >= 4 is 0 Å². The molecule has 0 saturated heterocycles. The van der Waals surface area contributed by atoms with Crippen molar-refractivity contribution in [1.29, 1.82) is 0 Å². The Morgan fingerprint density at radius 3 is 1.91 bits per heavy atom. The van der Waals surface area contributed by atoms with Crippen LogP contribution in [0, 0.1) is 0 Å². The van der Waals surface area contributed by atoms with Gasteiger partial charge in [-0.2, -0.15) is 0 Å². The van der Waals surface area contributed by atoms with Crippen LogP contribution in [-0.2, 0) is 5.60 Å². The molecule has 0 heterocycles. The number of unbranched alkanes of at least 4 members (excludes halogenated alkanes) is 2. The highest BCUT2D eigenvalue weighted by Gasteiger charge is 2.30. The SMILES string of the molecule is CCCCC(O)(CCCC)c1ccccc1-c1ccccc1. The van der Waals surface area contributed by atoms with Crippen LogP contribution in [0.25, 0.3) is 11.1 Å². The first-order valence-corrected chi connectivity index (χ1v) is 8.58. The highest BCUT2D eigenvalue weighted by molar-refractivity contribution is 5.68. The molecule has 1 nitrogen and oxygen atoms in total. The van der Waals surface area contributed by atoms with Gasteiger partial charge in [0, 0.05) is 0 Å². The summed E-state index contributed by atoms with van der Waals surface area (Å²) in [5.74, 6) is 0. The fourth-order valence-corrected chi connectivity index (χ4v) is 3.09. The molecule has 0 fully saturated rings. The van der Waals surface area contributed by atoms with Crippen molar-refractivity contribution in [2.45, 2.75) is 58.0 Å². The van der Waals surface area contributed by atoms with Crippen molar-refractivity contribution in [3.05, 3.63) is 60.2 Å². The lowest BCUT2D eigenvalue weighted by Crippen LogP contribution is -2.26. The molecule has 0 bridgehead atoms. The Morgan fingerprint density at radius 1 is 0.773 bits per heavy atom. The van der Waals surface area contributed by atoms with Gasteiger partial charge in [0.25, 0.3) is 0 Å². The van der Waals surface area contributed by atoms with Gasteiger partial charge in [0.2, 0.25) is 0 Å². The Balaban J connectivity index is 2.43. The maximum Gasteiger partial charge on any atom is 0.0902 e. The Bertz CT molecular complexity index is 551. The lowest BCUT2D eigenvalue weighted by molar-refractivity contribution is 0.0147. The van der Waals surface area contributed by atoms with E-state index in [1.54, 1.807) is 0 Å². The average molecular weight is 296 g/mol. The summed E-state index contributed by atoms with van der Waals surface area (Å²) in [5.41, 5.74) is 2.73. The van der Waals surface area contributed by atoms with Gasteiger partial charge < -0.3 is 5.11 Å². The first kappa shape index (κ1) is 16.8. The first-order valence-electron chi connectivity index (χ1n) is 8.58. The minimum absolute atomic E-state index is 0.710. The molecule has 2 aromatic rings. The van der Waals surface area contributed by atoms with Gasteiger partial charge >= 0.3 is 0 Å². The molecule has 1 N–H and O–H groups in total. The minimum Gasteiger partial charge on any atom is -0.385 e. The summed E-state index contributed by atoms with van der Waals surface area (Å²) >= 11 is 0. The Morgan fingerprint density at radius 2 is 1.32 bits per heavy atom. The third-order valence-electron chi connectivity index (χ3n) is 4.40. The zero-order valence-electron chi connectivity index (χ0n) is 13.9. The zero-order valence-corrected chi connectivity index (χ0v) is 13.9. The van der Waals surface area contributed by atoms with E-state index in [1.807, 2.05) is 12.1 Å². The van der Waals surface area contributed by atoms with Crippen LogP contribution in [0.4, 0.5) is 0 Å². The van der Waals surface area contributed by atoms with Crippen molar-refractivity contribution in [2.75, 3.05) is 0 Å². The average Bonchev–Trinajstić information content (AvgIpc) is 2.59. The molecule has 0 amide bonds. The van der Waals surface area contributed by atoms with E-state index < -0.39 is 5.60 Å². The van der Waals surface area contributed by atoms with E-state index in [0.717, 1.165) is 49.7 Å². The second-order valence-electron chi connectivity index (χ2n) is 6.15. The second-order valence-corrected chi connectivity index (χ2v) is 6.15. The second kappa shape index (κ2) is 8.14. The Labute approximate surface area is 135 Å². The highest BCUT2D eigenvalue weighted by atomic mass is 16.3. The molecule has 0 aliphatic heterocycles. The molecule has 0 atom stereocenters. The van der Waals surface area contributed by atoms with Crippen LogP contribution in [0.5, 0.6) is 0 Å². The van der Waals surface area contributed by atoms with Crippen LogP contribution in [0.1, 0.15) is 57.9 Å². The van der Waals surface area contributed by atoms with Crippen LogP contribution in [0.3, 0.4) is 0 Å². The molecule has 0 aromatic heterocycles. The largest absolute Gasteiger partial charge is 0.385 e. The van der Waals surface area contributed by atoms with E-state index in [0.29, 0.717) is 0 Å². The van der Waals surface area contributed by atoms with Gasteiger partial charge in [-0.3, -0.25) is 0 Å². The summed E-state index contributed by atoms with van der Waals surface area (Å²) in [6.07, 6.45) is 6.03. The van der Waals surface area contributed by atoms with Crippen molar-refractivity contribution in [2.24, 2.45) is 0 Å². The van der Waals surface area contributed by atoms with Crippen LogP contribution < -0.4 is 0 Å². The molecular formula is C21H28O. The molecule has 0 aliphatic rings. The van der Waals surface area contributed by atoms with Gasteiger partial charge in [-0.15, -0.1) is 0 Å². The van der Waals surface area contributed by atoms with Gasteiger partial charge in [-0.05, 0) is 29.5 Å². The van der Waals surface area contributed by atoms with Crippen molar-refractivity contribution in [1.82, 2.24) is 0 Å². The summed E-state index contributed by atoms with van der Waals surface area (Å²) in [7, 11) is 0. The van der Waals surface area contributed by atoms with Crippen molar-refractivity contribution in [3.8, 4) is 11.1 Å². The molecule has 2 rings (SSSR count). The van der Waals surface area contributed by atoms with Gasteiger partial charge in [-0.1, -0.05) is 94.1 Å². The number of hydrogen-bond donors (Lipinski definition) is 1. The topological polar surface area (TPSA) is 20.2 Å². The quantitative estimate of drug-likeness (QED) is 0.641.